The zero-order valence-electron chi connectivity index (χ0n) is 14.7. The Hall–Kier alpha value is -2.21. The molecule has 0 radical (unpaired) electrons. The maximum absolute atomic E-state index is 14.0. The minimum Gasteiger partial charge on any atom is -0.447 e. The molecule has 1 aromatic carbocycles. The first kappa shape index (κ1) is 19.1. The Morgan fingerprint density at radius 2 is 2.00 bits per heavy atom. The van der Waals surface area contributed by atoms with Gasteiger partial charge >= 0.3 is 6.09 Å². The van der Waals surface area contributed by atoms with Gasteiger partial charge in [0.25, 0.3) is 0 Å². The standard InChI is InChI=1S/C19H24FNO4/c1-12(2)9-16(20)17(22)13(3)18(23)21-15(11-25-19(21)24)10-14-7-5-4-6-8-14/h4-9,12-13,15,17,22H,10-11H2,1-3H3. The molecule has 1 aliphatic rings. The Morgan fingerprint density at radius 1 is 1.36 bits per heavy atom. The summed E-state index contributed by atoms with van der Waals surface area (Å²) in [7, 11) is 0. The van der Waals surface area contributed by atoms with Crippen LogP contribution in [-0.2, 0) is 16.0 Å². The number of carbonyl (C=O) groups is 2. The van der Waals surface area contributed by atoms with E-state index >= 15 is 0 Å². The zero-order valence-corrected chi connectivity index (χ0v) is 14.7. The van der Waals surface area contributed by atoms with Crippen LogP contribution >= 0.6 is 0 Å². The number of halogens is 1. The average molecular weight is 349 g/mol. The van der Waals surface area contributed by atoms with Gasteiger partial charge in [0, 0.05) is 0 Å². The van der Waals surface area contributed by atoms with Crippen LogP contribution in [0.15, 0.2) is 42.2 Å². The maximum Gasteiger partial charge on any atom is 0.416 e. The number of imide groups is 1. The number of carbonyl (C=O) groups excluding carboxylic acids is 2. The summed E-state index contributed by atoms with van der Waals surface area (Å²) in [6, 6.07) is 8.96. The smallest absolute Gasteiger partial charge is 0.416 e. The Labute approximate surface area is 147 Å². The number of hydrogen-bond acceptors (Lipinski definition) is 4. The van der Waals surface area contributed by atoms with Crippen LogP contribution in [0, 0.1) is 11.8 Å². The largest absolute Gasteiger partial charge is 0.447 e. The number of ether oxygens (including phenoxy) is 1. The molecule has 0 bridgehead atoms. The maximum atomic E-state index is 14.0. The Balaban J connectivity index is 2.13. The molecule has 0 aromatic heterocycles. The molecule has 2 amide bonds. The molecular formula is C19H24FNO4. The number of amides is 2. The van der Waals surface area contributed by atoms with Gasteiger partial charge in [0.1, 0.15) is 18.5 Å². The van der Waals surface area contributed by atoms with Crippen molar-refractivity contribution >= 4 is 12.0 Å². The fourth-order valence-corrected chi connectivity index (χ4v) is 2.78. The predicted molar refractivity (Wildman–Crippen MR) is 91.3 cm³/mol. The number of aliphatic hydroxyl groups excluding tert-OH is 1. The minimum absolute atomic E-state index is 0.0899. The highest BCUT2D eigenvalue weighted by Gasteiger charge is 2.41. The first-order chi connectivity index (χ1) is 11.8. The third-order valence-electron chi connectivity index (χ3n) is 4.15. The van der Waals surface area contributed by atoms with Gasteiger partial charge in [-0.15, -0.1) is 0 Å². The number of benzene rings is 1. The molecule has 1 saturated heterocycles. The second-order valence-corrected chi connectivity index (χ2v) is 6.66. The van der Waals surface area contributed by atoms with Gasteiger partial charge in [0.05, 0.1) is 12.0 Å². The Kier molecular flexibility index (Phi) is 6.31. The summed E-state index contributed by atoms with van der Waals surface area (Å²) in [5.74, 6) is -2.58. The molecule has 1 aromatic rings. The number of cyclic esters (lactones) is 1. The normalized spacial score (nSPS) is 20.6. The number of hydrogen-bond donors (Lipinski definition) is 1. The lowest BCUT2D eigenvalue weighted by atomic mass is 9.98. The lowest BCUT2D eigenvalue weighted by Gasteiger charge is -2.25. The van der Waals surface area contributed by atoms with Crippen molar-refractivity contribution in [2.24, 2.45) is 11.8 Å². The van der Waals surface area contributed by atoms with Gasteiger partial charge < -0.3 is 9.84 Å². The topological polar surface area (TPSA) is 66.8 Å². The van der Waals surface area contributed by atoms with E-state index in [0.717, 1.165) is 10.5 Å². The second-order valence-electron chi connectivity index (χ2n) is 6.66. The number of allylic oxidation sites excluding steroid dienone is 1. The highest BCUT2D eigenvalue weighted by Crippen LogP contribution is 2.24. The first-order valence-electron chi connectivity index (χ1n) is 8.40. The molecule has 3 atom stereocenters. The van der Waals surface area contributed by atoms with Crippen LogP contribution in [0.1, 0.15) is 26.3 Å². The number of aliphatic hydroxyl groups is 1. The summed E-state index contributed by atoms with van der Waals surface area (Å²) in [5, 5.41) is 10.1. The van der Waals surface area contributed by atoms with E-state index in [1.54, 1.807) is 13.8 Å². The van der Waals surface area contributed by atoms with E-state index in [1.807, 2.05) is 30.3 Å². The van der Waals surface area contributed by atoms with Gasteiger partial charge in [0.2, 0.25) is 5.91 Å². The molecule has 1 aliphatic heterocycles. The summed E-state index contributed by atoms with van der Waals surface area (Å²) >= 11 is 0. The van der Waals surface area contributed by atoms with Crippen LogP contribution in [-0.4, -0.2) is 40.8 Å². The van der Waals surface area contributed by atoms with Crippen LogP contribution in [0.5, 0.6) is 0 Å². The third-order valence-corrected chi connectivity index (χ3v) is 4.15. The lowest BCUT2D eigenvalue weighted by molar-refractivity contribution is -0.135. The van der Waals surface area contributed by atoms with Crippen LogP contribution in [0.4, 0.5) is 9.18 Å². The summed E-state index contributed by atoms with van der Waals surface area (Å²) in [4.78, 5) is 25.6. The molecule has 3 unspecified atom stereocenters. The summed E-state index contributed by atoms with van der Waals surface area (Å²) in [6.45, 7) is 5.04. The molecule has 5 nitrogen and oxygen atoms in total. The van der Waals surface area contributed by atoms with Gasteiger partial charge in [-0.3, -0.25) is 4.79 Å². The molecule has 0 aliphatic carbocycles. The molecular weight excluding hydrogens is 325 g/mol. The van der Waals surface area contributed by atoms with E-state index in [1.165, 1.54) is 13.0 Å². The molecule has 136 valence electrons. The minimum atomic E-state index is -1.58. The highest BCUT2D eigenvalue weighted by atomic mass is 19.1. The molecule has 0 saturated carbocycles. The van der Waals surface area contributed by atoms with Crippen LogP contribution in [0.2, 0.25) is 0 Å². The first-order valence-corrected chi connectivity index (χ1v) is 8.40. The zero-order chi connectivity index (χ0) is 18.6. The van der Waals surface area contributed by atoms with Crippen LogP contribution < -0.4 is 0 Å². The fraction of sp³-hybridized carbons (Fsp3) is 0.474. The van der Waals surface area contributed by atoms with Crippen molar-refractivity contribution in [2.75, 3.05) is 6.61 Å². The summed E-state index contributed by atoms with van der Waals surface area (Å²) < 4.78 is 19.0. The van der Waals surface area contributed by atoms with Crippen molar-refractivity contribution < 1.29 is 23.8 Å². The molecule has 2 rings (SSSR count). The van der Waals surface area contributed by atoms with E-state index in [4.69, 9.17) is 4.74 Å². The van der Waals surface area contributed by atoms with Gasteiger partial charge in [-0.25, -0.2) is 14.1 Å². The van der Waals surface area contributed by atoms with Gasteiger partial charge in [-0.2, -0.15) is 0 Å². The predicted octanol–water partition coefficient (Wildman–Crippen LogP) is 3.08. The van der Waals surface area contributed by atoms with Gasteiger partial charge in [0.15, 0.2) is 0 Å². The highest BCUT2D eigenvalue weighted by molar-refractivity contribution is 5.95. The fourth-order valence-electron chi connectivity index (χ4n) is 2.78. The molecule has 0 spiro atoms. The Bertz CT molecular complexity index is 644. The lowest BCUT2D eigenvalue weighted by Crippen LogP contribution is -2.45. The monoisotopic (exact) mass is 349 g/mol. The third kappa shape index (κ3) is 4.66. The number of rotatable bonds is 6. The molecule has 25 heavy (non-hydrogen) atoms. The number of nitrogens with zero attached hydrogens (tertiary/aromatic N) is 1. The average Bonchev–Trinajstić information content (AvgIpc) is 2.93. The summed E-state index contributed by atoms with van der Waals surface area (Å²) in [6.07, 6.45) is -0.622. The van der Waals surface area contributed by atoms with E-state index < -0.39 is 35.9 Å². The van der Waals surface area contributed by atoms with Crippen LogP contribution in [0.25, 0.3) is 0 Å². The molecule has 1 heterocycles. The molecule has 1 N–H and O–H groups in total. The van der Waals surface area contributed by atoms with E-state index in [2.05, 4.69) is 0 Å². The van der Waals surface area contributed by atoms with Crippen molar-refractivity contribution in [3.05, 3.63) is 47.8 Å². The van der Waals surface area contributed by atoms with Crippen molar-refractivity contribution in [3.8, 4) is 0 Å². The van der Waals surface area contributed by atoms with E-state index in [0.29, 0.717) is 6.42 Å². The van der Waals surface area contributed by atoms with Crippen molar-refractivity contribution in [1.82, 2.24) is 4.90 Å². The SMILES string of the molecule is CC(C)C=C(F)C(O)C(C)C(=O)N1C(=O)OCC1Cc1ccccc1. The summed E-state index contributed by atoms with van der Waals surface area (Å²) in [5.41, 5.74) is 0.961. The molecule has 1 fully saturated rings. The quantitative estimate of drug-likeness (QED) is 0.857. The van der Waals surface area contributed by atoms with E-state index in [9.17, 15) is 19.1 Å². The van der Waals surface area contributed by atoms with Gasteiger partial charge in [-0.05, 0) is 24.0 Å². The molecule has 6 heteroatoms. The second kappa shape index (κ2) is 8.25. The van der Waals surface area contributed by atoms with Crippen LogP contribution in [0.3, 0.4) is 0 Å². The van der Waals surface area contributed by atoms with Crippen molar-refractivity contribution in [3.63, 3.8) is 0 Å². The van der Waals surface area contributed by atoms with Crippen molar-refractivity contribution in [1.29, 1.82) is 0 Å². The Morgan fingerprint density at radius 3 is 2.60 bits per heavy atom. The van der Waals surface area contributed by atoms with E-state index in [-0.39, 0.29) is 12.5 Å². The van der Waals surface area contributed by atoms with Gasteiger partial charge in [-0.1, -0.05) is 51.1 Å². The van der Waals surface area contributed by atoms with Crippen molar-refractivity contribution in [2.45, 2.75) is 39.3 Å².